The number of carbonyl (C=O) groups excluding carboxylic acids is 3. The summed E-state index contributed by atoms with van der Waals surface area (Å²) in [7, 11) is 0. The topological polar surface area (TPSA) is 75.3 Å². The lowest BCUT2D eigenvalue weighted by Gasteiger charge is -2.10. The van der Waals surface area contributed by atoms with Crippen molar-refractivity contribution in [1.82, 2.24) is 5.32 Å². The van der Waals surface area contributed by atoms with Crippen molar-refractivity contribution < 1.29 is 14.4 Å². The summed E-state index contributed by atoms with van der Waals surface area (Å²) >= 11 is 3.38. The number of hydrogen-bond acceptors (Lipinski definition) is 3. The summed E-state index contributed by atoms with van der Waals surface area (Å²) < 4.78 is 0.926. The van der Waals surface area contributed by atoms with Gasteiger partial charge in [-0.05, 0) is 53.9 Å². The molecule has 0 aliphatic heterocycles. The van der Waals surface area contributed by atoms with E-state index in [-0.39, 0.29) is 18.2 Å². The maximum atomic E-state index is 12.6. The molecule has 2 N–H and O–H groups in total. The predicted octanol–water partition coefficient (Wildman–Crippen LogP) is 4.34. The van der Waals surface area contributed by atoms with Crippen molar-refractivity contribution in [1.29, 1.82) is 0 Å². The van der Waals surface area contributed by atoms with Crippen molar-refractivity contribution in [2.75, 3.05) is 11.9 Å². The van der Waals surface area contributed by atoms with Gasteiger partial charge < -0.3 is 10.6 Å². The van der Waals surface area contributed by atoms with Crippen LogP contribution in [0.3, 0.4) is 0 Å². The second-order valence-electron chi connectivity index (χ2n) is 6.83. The SMILES string of the molecule is Cc1cc(Br)ccc1NC(=O)CNC(=O)c1ccc2c(c1)C(=O)c1ccccc1-2. The molecule has 0 heterocycles. The van der Waals surface area contributed by atoms with Crippen LogP contribution in [0.15, 0.2) is 65.1 Å². The Hall–Kier alpha value is -3.25. The molecule has 1 aliphatic rings. The Balaban J connectivity index is 1.43. The molecule has 0 unspecified atom stereocenters. The summed E-state index contributed by atoms with van der Waals surface area (Å²) in [5, 5.41) is 5.38. The molecule has 1 aliphatic carbocycles. The van der Waals surface area contributed by atoms with Crippen molar-refractivity contribution in [3.05, 3.63) is 87.4 Å². The minimum absolute atomic E-state index is 0.0892. The van der Waals surface area contributed by atoms with Crippen LogP contribution < -0.4 is 10.6 Å². The zero-order chi connectivity index (χ0) is 20.5. The quantitative estimate of drug-likeness (QED) is 0.487. The maximum absolute atomic E-state index is 12.6. The van der Waals surface area contributed by atoms with E-state index in [0.29, 0.717) is 22.4 Å². The van der Waals surface area contributed by atoms with E-state index in [9.17, 15) is 14.4 Å². The van der Waals surface area contributed by atoms with E-state index in [0.717, 1.165) is 21.2 Å². The van der Waals surface area contributed by atoms with Crippen molar-refractivity contribution in [3.63, 3.8) is 0 Å². The molecule has 3 aromatic carbocycles. The largest absolute Gasteiger partial charge is 0.343 e. The van der Waals surface area contributed by atoms with Crippen molar-refractivity contribution in [3.8, 4) is 11.1 Å². The van der Waals surface area contributed by atoms with E-state index in [2.05, 4.69) is 26.6 Å². The number of rotatable bonds is 4. The van der Waals surface area contributed by atoms with Crippen LogP contribution in [0.5, 0.6) is 0 Å². The Morgan fingerprint density at radius 1 is 0.897 bits per heavy atom. The van der Waals surface area contributed by atoms with Gasteiger partial charge in [0.25, 0.3) is 5.91 Å². The summed E-state index contributed by atoms with van der Waals surface area (Å²) in [6.07, 6.45) is 0. The van der Waals surface area contributed by atoms with Crippen LogP contribution in [0.2, 0.25) is 0 Å². The number of halogens is 1. The highest BCUT2D eigenvalue weighted by Gasteiger charge is 2.27. The van der Waals surface area contributed by atoms with Gasteiger partial charge >= 0.3 is 0 Å². The highest BCUT2D eigenvalue weighted by Crippen LogP contribution is 2.36. The first-order chi connectivity index (χ1) is 13.9. The third-order valence-electron chi connectivity index (χ3n) is 4.86. The standard InChI is InChI=1S/C23H17BrN2O3/c1-13-10-15(24)7-9-20(13)26-21(27)12-25-23(29)14-6-8-17-16-4-2-3-5-18(16)22(28)19(17)11-14/h2-11H,12H2,1H3,(H,25,29)(H,26,27). The van der Waals surface area contributed by atoms with E-state index in [1.807, 2.05) is 37.3 Å². The van der Waals surface area contributed by atoms with E-state index in [4.69, 9.17) is 0 Å². The lowest BCUT2D eigenvalue weighted by atomic mass is 10.0. The first-order valence-electron chi connectivity index (χ1n) is 9.06. The highest BCUT2D eigenvalue weighted by molar-refractivity contribution is 9.10. The number of benzene rings is 3. The molecular formula is C23H17BrN2O3. The Morgan fingerprint density at radius 3 is 2.38 bits per heavy atom. The van der Waals surface area contributed by atoms with Crippen molar-refractivity contribution in [2.24, 2.45) is 0 Å². The minimum atomic E-state index is -0.403. The molecule has 29 heavy (non-hydrogen) atoms. The third-order valence-corrected chi connectivity index (χ3v) is 5.35. The van der Waals surface area contributed by atoms with Gasteiger partial charge in [0, 0.05) is 26.9 Å². The first-order valence-corrected chi connectivity index (χ1v) is 9.85. The second kappa shape index (κ2) is 7.64. The number of carbonyl (C=O) groups is 3. The predicted molar refractivity (Wildman–Crippen MR) is 115 cm³/mol. The number of aryl methyl sites for hydroxylation is 1. The Kier molecular flexibility index (Phi) is 5.03. The van der Waals surface area contributed by atoms with Gasteiger partial charge in [0.1, 0.15) is 0 Å². The summed E-state index contributed by atoms with van der Waals surface area (Å²) in [6, 6.07) is 17.9. The van der Waals surface area contributed by atoms with Crippen LogP contribution in [0.4, 0.5) is 5.69 Å². The molecule has 144 valence electrons. The van der Waals surface area contributed by atoms with Crippen LogP contribution in [0, 0.1) is 6.92 Å². The first kappa shape index (κ1) is 19.1. The zero-order valence-corrected chi connectivity index (χ0v) is 17.2. The van der Waals surface area contributed by atoms with Crippen LogP contribution in [-0.2, 0) is 4.79 Å². The van der Waals surface area contributed by atoms with Crippen molar-refractivity contribution >= 4 is 39.2 Å². The molecule has 4 rings (SSSR count). The van der Waals surface area contributed by atoms with Gasteiger partial charge in [0.15, 0.2) is 5.78 Å². The molecule has 0 radical (unpaired) electrons. The Morgan fingerprint density at radius 2 is 1.62 bits per heavy atom. The fourth-order valence-corrected chi connectivity index (χ4v) is 3.87. The van der Waals surface area contributed by atoms with Crippen LogP contribution >= 0.6 is 15.9 Å². The number of amides is 2. The summed E-state index contributed by atoms with van der Waals surface area (Å²) in [6.45, 7) is 1.72. The van der Waals surface area contributed by atoms with Gasteiger partial charge in [0.05, 0.1) is 6.54 Å². The van der Waals surface area contributed by atoms with Gasteiger partial charge in [-0.3, -0.25) is 14.4 Å². The van der Waals surface area contributed by atoms with E-state index >= 15 is 0 Å². The average molecular weight is 449 g/mol. The van der Waals surface area contributed by atoms with Gasteiger partial charge in [-0.15, -0.1) is 0 Å². The number of hydrogen-bond donors (Lipinski definition) is 2. The normalized spacial score (nSPS) is 11.6. The minimum Gasteiger partial charge on any atom is -0.343 e. The molecule has 0 bridgehead atoms. The summed E-state index contributed by atoms with van der Waals surface area (Å²) in [5.41, 5.74) is 4.80. The van der Waals surface area contributed by atoms with E-state index in [1.54, 1.807) is 30.3 Å². The Bertz CT molecular complexity index is 1170. The van der Waals surface area contributed by atoms with Crippen LogP contribution in [0.25, 0.3) is 11.1 Å². The van der Waals surface area contributed by atoms with Gasteiger partial charge in [-0.1, -0.05) is 46.3 Å². The fourth-order valence-electron chi connectivity index (χ4n) is 3.39. The molecule has 3 aromatic rings. The molecule has 2 amide bonds. The van der Waals surface area contributed by atoms with Crippen molar-refractivity contribution in [2.45, 2.75) is 6.92 Å². The molecule has 5 nitrogen and oxygen atoms in total. The zero-order valence-electron chi connectivity index (χ0n) is 15.6. The monoisotopic (exact) mass is 448 g/mol. The van der Waals surface area contributed by atoms with E-state index < -0.39 is 5.91 Å². The average Bonchev–Trinajstić information content (AvgIpc) is 3.00. The number of nitrogens with one attached hydrogen (secondary N) is 2. The highest BCUT2D eigenvalue weighted by atomic mass is 79.9. The number of anilines is 1. The second-order valence-corrected chi connectivity index (χ2v) is 7.74. The summed E-state index contributed by atoms with van der Waals surface area (Å²) in [4.78, 5) is 37.3. The number of fused-ring (bicyclic) bond motifs is 3. The molecule has 0 saturated carbocycles. The third kappa shape index (κ3) is 3.71. The lowest BCUT2D eigenvalue weighted by Crippen LogP contribution is -2.33. The van der Waals surface area contributed by atoms with Gasteiger partial charge in [0.2, 0.25) is 5.91 Å². The van der Waals surface area contributed by atoms with Crippen LogP contribution in [0.1, 0.15) is 31.8 Å². The van der Waals surface area contributed by atoms with Crippen LogP contribution in [-0.4, -0.2) is 24.1 Å². The molecular weight excluding hydrogens is 432 g/mol. The maximum Gasteiger partial charge on any atom is 0.251 e. The summed E-state index contributed by atoms with van der Waals surface area (Å²) in [5.74, 6) is -0.818. The lowest BCUT2D eigenvalue weighted by molar-refractivity contribution is -0.115. The molecule has 6 heteroatoms. The molecule has 0 aromatic heterocycles. The Labute approximate surface area is 176 Å². The van der Waals surface area contributed by atoms with Gasteiger partial charge in [-0.2, -0.15) is 0 Å². The fraction of sp³-hybridized carbons (Fsp3) is 0.0870. The molecule has 0 saturated heterocycles. The van der Waals surface area contributed by atoms with Gasteiger partial charge in [-0.25, -0.2) is 0 Å². The number of ketones is 1. The molecule has 0 spiro atoms. The molecule has 0 fully saturated rings. The molecule has 0 atom stereocenters. The van der Waals surface area contributed by atoms with E-state index in [1.165, 1.54) is 0 Å². The smallest absolute Gasteiger partial charge is 0.251 e.